The van der Waals surface area contributed by atoms with E-state index in [1.54, 1.807) is 6.92 Å². The number of carbonyl (C=O) groups is 1. The third-order valence-corrected chi connectivity index (χ3v) is 2.13. The molecule has 0 saturated heterocycles. The average Bonchev–Trinajstić information content (AvgIpc) is 2.56. The van der Waals surface area contributed by atoms with Crippen LogP contribution in [-0.2, 0) is 4.79 Å². The molecule has 3 heteroatoms. The first-order chi connectivity index (χ1) is 6.22. The maximum Gasteiger partial charge on any atom is 0.221 e. The molecule has 1 amide bonds. The lowest BCUT2D eigenvalue weighted by molar-refractivity contribution is -0.122. The molecule has 0 aromatic rings. The van der Waals surface area contributed by atoms with Crippen LogP contribution < -0.4 is 5.32 Å². The van der Waals surface area contributed by atoms with Crippen molar-refractivity contribution in [2.45, 2.75) is 32.2 Å². The minimum Gasteiger partial charge on any atom is -0.341 e. The van der Waals surface area contributed by atoms with E-state index in [2.05, 4.69) is 17.5 Å². The third-order valence-electron chi connectivity index (χ3n) is 2.13. The first-order valence-electron chi connectivity index (χ1n) is 4.58. The molecule has 0 radical (unpaired) electrons. The zero-order chi connectivity index (χ0) is 9.68. The molecule has 1 N–H and O–H groups in total. The fraction of sp³-hybridized carbons (Fsp3) is 0.600. The van der Waals surface area contributed by atoms with Gasteiger partial charge in [0.1, 0.15) is 6.04 Å². The number of nitriles is 1. The number of nitrogens with zero attached hydrogens (tertiary/aromatic N) is 1. The Labute approximate surface area is 78.4 Å². The maximum absolute atomic E-state index is 11.3. The summed E-state index contributed by atoms with van der Waals surface area (Å²) in [6, 6.07) is 1.59. The van der Waals surface area contributed by atoms with Crippen LogP contribution in [0.3, 0.4) is 0 Å². The SMILES string of the molecule is C[C@@H](C#N)NC(=O)CC1C=CCC1. The van der Waals surface area contributed by atoms with Crippen molar-refractivity contribution in [2.24, 2.45) is 5.92 Å². The minimum atomic E-state index is -0.377. The molecule has 13 heavy (non-hydrogen) atoms. The Hall–Kier alpha value is -1.30. The summed E-state index contributed by atoms with van der Waals surface area (Å²) in [7, 11) is 0. The number of carbonyl (C=O) groups excluding carboxylic acids is 1. The van der Waals surface area contributed by atoms with E-state index in [0.717, 1.165) is 12.8 Å². The topological polar surface area (TPSA) is 52.9 Å². The molecule has 3 nitrogen and oxygen atoms in total. The number of rotatable bonds is 3. The Morgan fingerprint density at radius 2 is 2.62 bits per heavy atom. The van der Waals surface area contributed by atoms with Crippen molar-refractivity contribution in [3.05, 3.63) is 12.2 Å². The molecule has 2 atom stereocenters. The van der Waals surface area contributed by atoms with Gasteiger partial charge in [0.2, 0.25) is 5.91 Å². The molecule has 0 heterocycles. The fourth-order valence-corrected chi connectivity index (χ4v) is 1.44. The summed E-state index contributed by atoms with van der Waals surface area (Å²) in [5.74, 6) is 0.358. The van der Waals surface area contributed by atoms with Gasteiger partial charge in [-0.05, 0) is 25.7 Å². The van der Waals surface area contributed by atoms with E-state index in [1.807, 2.05) is 6.07 Å². The van der Waals surface area contributed by atoms with Gasteiger partial charge in [0.25, 0.3) is 0 Å². The van der Waals surface area contributed by atoms with Gasteiger partial charge in [-0.2, -0.15) is 5.26 Å². The zero-order valence-electron chi connectivity index (χ0n) is 7.79. The van der Waals surface area contributed by atoms with E-state index >= 15 is 0 Å². The van der Waals surface area contributed by atoms with Gasteiger partial charge >= 0.3 is 0 Å². The summed E-state index contributed by atoms with van der Waals surface area (Å²) in [5, 5.41) is 11.1. The normalized spacial score (nSPS) is 22.3. The maximum atomic E-state index is 11.3. The van der Waals surface area contributed by atoms with Crippen molar-refractivity contribution in [3.63, 3.8) is 0 Å². The molecule has 0 aliphatic heterocycles. The van der Waals surface area contributed by atoms with Gasteiger partial charge in [-0.1, -0.05) is 12.2 Å². The van der Waals surface area contributed by atoms with Crippen LogP contribution in [0.2, 0.25) is 0 Å². The zero-order valence-corrected chi connectivity index (χ0v) is 7.79. The molecule has 0 saturated carbocycles. The van der Waals surface area contributed by atoms with Crippen molar-refractivity contribution in [3.8, 4) is 6.07 Å². The van der Waals surface area contributed by atoms with E-state index in [0.29, 0.717) is 12.3 Å². The van der Waals surface area contributed by atoms with Crippen LogP contribution >= 0.6 is 0 Å². The Morgan fingerprint density at radius 1 is 1.85 bits per heavy atom. The molecule has 1 aliphatic carbocycles. The Morgan fingerprint density at radius 3 is 3.15 bits per heavy atom. The Bertz CT molecular complexity index is 252. The van der Waals surface area contributed by atoms with Gasteiger partial charge in [0, 0.05) is 6.42 Å². The molecule has 0 fully saturated rings. The molecule has 70 valence electrons. The van der Waals surface area contributed by atoms with Gasteiger partial charge in [-0.3, -0.25) is 4.79 Å². The third kappa shape index (κ3) is 3.29. The lowest BCUT2D eigenvalue weighted by atomic mass is 10.0. The second-order valence-corrected chi connectivity index (χ2v) is 3.39. The number of hydrogen-bond acceptors (Lipinski definition) is 2. The quantitative estimate of drug-likeness (QED) is 0.663. The standard InChI is InChI=1S/C10H14N2O/c1-8(7-11)12-10(13)6-9-4-2-3-5-9/h2,4,8-9H,3,5-6H2,1H3,(H,12,13)/t8-,9?/m0/s1. The fourth-order valence-electron chi connectivity index (χ4n) is 1.44. The van der Waals surface area contributed by atoms with Gasteiger partial charge in [0.05, 0.1) is 6.07 Å². The second kappa shape index (κ2) is 4.66. The van der Waals surface area contributed by atoms with Crippen molar-refractivity contribution in [1.82, 2.24) is 5.32 Å². The second-order valence-electron chi connectivity index (χ2n) is 3.39. The van der Waals surface area contributed by atoms with E-state index in [9.17, 15) is 4.79 Å². The number of nitrogens with one attached hydrogen (secondary N) is 1. The summed E-state index contributed by atoms with van der Waals surface area (Å²) < 4.78 is 0. The highest BCUT2D eigenvalue weighted by Crippen LogP contribution is 2.19. The molecule has 1 rings (SSSR count). The smallest absolute Gasteiger partial charge is 0.221 e. The summed E-state index contributed by atoms with van der Waals surface area (Å²) in [4.78, 5) is 11.3. The highest BCUT2D eigenvalue weighted by Gasteiger charge is 2.14. The minimum absolute atomic E-state index is 0.0226. The summed E-state index contributed by atoms with van der Waals surface area (Å²) in [6.45, 7) is 1.68. The summed E-state index contributed by atoms with van der Waals surface area (Å²) in [5.41, 5.74) is 0. The Balaban J connectivity index is 2.25. The van der Waals surface area contributed by atoms with Crippen molar-refractivity contribution in [2.75, 3.05) is 0 Å². The first-order valence-corrected chi connectivity index (χ1v) is 4.58. The highest BCUT2D eigenvalue weighted by atomic mass is 16.1. The van der Waals surface area contributed by atoms with Crippen LogP contribution in [-0.4, -0.2) is 11.9 Å². The molecular weight excluding hydrogens is 164 g/mol. The van der Waals surface area contributed by atoms with Crippen LogP contribution in [0.4, 0.5) is 0 Å². The number of hydrogen-bond donors (Lipinski definition) is 1. The molecule has 0 aromatic heterocycles. The van der Waals surface area contributed by atoms with Crippen LogP contribution in [0.5, 0.6) is 0 Å². The molecular formula is C10H14N2O. The van der Waals surface area contributed by atoms with Crippen LogP contribution in [0.1, 0.15) is 26.2 Å². The van der Waals surface area contributed by atoms with Gasteiger partial charge in [-0.15, -0.1) is 0 Å². The number of allylic oxidation sites excluding steroid dienone is 2. The lowest BCUT2D eigenvalue weighted by Gasteiger charge is -2.09. The largest absolute Gasteiger partial charge is 0.341 e. The van der Waals surface area contributed by atoms with E-state index < -0.39 is 0 Å². The highest BCUT2D eigenvalue weighted by molar-refractivity contribution is 5.77. The van der Waals surface area contributed by atoms with Crippen molar-refractivity contribution in [1.29, 1.82) is 5.26 Å². The molecule has 0 bridgehead atoms. The summed E-state index contributed by atoms with van der Waals surface area (Å²) in [6.07, 6.45) is 6.84. The van der Waals surface area contributed by atoms with Crippen molar-refractivity contribution >= 4 is 5.91 Å². The lowest BCUT2D eigenvalue weighted by Crippen LogP contribution is -2.32. The first kappa shape index (κ1) is 9.79. The van der Waals surface area contributed by atoms with Crippen LogP contribution in [0.15, 0.2) is 12.2 Å². The predicted molar refractivity (Wildman–Crippen MR) is 49.7 cm³/mol. The summed E-state index contributed by atoms with van der Waals surface area (Å²) >= 11 is 0. The van der Waals surface area contributed by atoms with Crippen molar-refractivity contribution < 1.29 is 4.79 Å². The molecule has 1 unspecified atom stereocenters. The molecule has 1 aliphatic rings. The van der Waals surface area contributed by atoms with Gasteiger partial charge in [-0.25, -0.2) is 0 Å². The molecule has 0 spiro atoms. The average molecular weight is 178 g/mol. The van der Waals surface area contributed by atoms with Gasteiger partial charge in [0.15, 0.2) is 0 Å². The predicted octanol–water partition coefficient (Wildman–Crippen LogP) is 1.37. The van der Waals surface area contributed by atoms with E-state index in [4.69, 9.17) is 5.26 Å². The van der Waals surface area contributed by atoms with Crippen LogP contribution in [0.25, 0.3) is 0 Å². The van der Waals surface area contributed by atoms with E-state index in [-0.39, 0.29) is 11.9 Å². The monoisotopic (exact) mass is 178 g/mol. The number of amides is 1. The molecule has 0 aromatic carbocycles. The van der Waals surface area contributed by atoms with Gasteiger partial charge < -0.3 is 5.32 Å². The Kier molecular flexibility index (Phi) is 3.51. The van der Waals surface area contributed by atoms with E-state index in [1.165, 1.54) is 0 Å². The van der Waals surface area contributed by atoms with Crippen LogP contribution in [0, 0.1) is 17.2 Å².